The molecule has 0 fully saturated rings. The van der Waals surface area contributed by atoms with Crippen molar-refractivity contribution in [1.29, 1.82) is 0 Å². The van der Waals surface area contributed by atoms with Crippen molar-refractivity contribution >= 4 is 5.78 Å². The molecule has 1 aliphatic heterocycles. The highest BCUT2D eigenvalue weighted by atomic mass is 16.5. The summed E-state index contributed by atoms with van der Waals surface area (Å²) >= 11 is 0. The predicted molar refractivity (Wildman–Crippen MR) is 76.2 cm³/mol. The third-order valence-corrected chi connectivity index (χ3v) is 4.01. The number of ether oxygens (including phenoxy) is 1. The Morgan fingerprint density at radius 3 is 2.47 bits per heavy atom. The van der Waals surface area contributed by atoms with Gasteiger partial charge in [0.25, 0.3) is 0 Å². The van der Waals surface area contributed by atoms with Crippen molar-refractivity contribution in [1.82, 2.24) is 4.90 Å². The van der Waals surface area contributed by atoms with Crippen molar-refractivity contribution in [3.8, 4) is 5.75 Å². The number of allylic oxidation sites excluding steroid dienone is 1. The van der Waals surface area contributed by atoms with Gasteiger partial charge in [-0.15, -0.1) is 0 Å². The van der Waals surface area contributed by atoms with E-state index in [1.54, 1.807) is 13.2 Å². The SMILES string of the molecule is COc1ccc(C[C@H]2N(C)C=CC(=O)C2(C)C)cc1. The van der Waals surface area contributed by atoms with Crippen LogP contribution in [-0.2, 0) is 11.2 Å². The molecule has 0 spiro atoms. The zero-order valence-corrected chi connectivity index (χ0v) is 12.0. The van der Waals surface area contributed by atoms with Gasteiger partial charge in [-0.3, -0.25) is 4.79 Å². The Kier molecular flexibility index (Phi) is 3.65. The van der Waals surface area contributed by atoms with E-state index in [0.717, 1.165) is 12.2 Å². The van der Waals surface area contributed by atoms with E-state index in [4.69, 9.17) is 4.74 Å². The normalized spacial score (nSPS) is 21.6. The number of carbonyl (C=O) groups is 1. The van der Waals surface area contributed by atoms with Gasteiger partial charge in [-0.1, -0.05) is 26.0 Å². The summed E-state index contributed by atoms with van der Waals surface area (Å²) in [5, 5.41) is 0. The number of rotatable bonds is 3. The fraction of sp³-hybridized carbons (Fsp3) is 0.438. The molecule has 0 saturated carbocycles. The molecule has 1 heterocycles. The molecule has 0 radical (unpaired) electrons. The number of hydrogen-bond donors (Lipinski definition) is 0. The lowest BCUT2D eigenvalue weighted by Crippen LogP contribution is -2.49. The van der Waals surface area contributed by atoms with E-state index in [1.807, 2.05) is 39.2 Å². The molecule has 3 nitrogen and oxygen atoms in total. The molecule has 0 aromatic heterocycles. The Bertz CT molecular complexity index is 488. The molecule has 2 rings (SSSR count). The van der Waals surface area contributed by atoms with E-state index < -0.39 is 0 Å². The molecule has 0 amide bonds. The van der Waals surface area contributed by atoms with E-state index in [-0.39, 0.29) is 17.2 Å². The van der Waals surface area contributed by atoms with E-state index >= 15 is 0 Å². The molecule has 0 aliphatic carbocycles. The average molecular weight is 259 g/mol. The molecule has 0 unspecified atom stereocenters. The molecule has 0 bridgehead atoms. The summed E-state index contributed by atoms with van der Waals surface area (Å²) in [5.74, 6) is 1.06. The van der Waals surface area contributed by atoms with Gasteiger partial charge in [0.15, 0.2) is 5.78 Å². The Hall–Kier alpha value is -1.77. The van der Waals surface area contributed by atoms with Gasteiger partial charge >= 0.3 is 0 Å². The van der Waals surface area contributed by atoms with E-state index in [9.17, 15) is 4.79 Å². The molecule has 0 N–H and O–H groups in total. The van der Waals surface area contributed by atoms with Crippen LogP contribution >= 0.6 is 0 Å². The van der Waals surface area contributed by atoms with Crippen molar-refractivity contribution in [3.63, 3.8) is 0 Å². The topological polar surface area (TPSA) is 29.5 Å². The maximum Gasteiger partial charge on any atom is 0.164 e. The zero-order chi connectivity index (χ0) is 14.0. The first-order valence-electron chi connectivity index (χ1n) is 6.52. The minimum atomic E-state index is -0.358. The molecule has 1 aliphatic rings. The zero-order valence-electron chi connectivity index (χ0n) is 12.0. The fourth-order valence-electron chi connectivity index (χ4n) is 2.56. The number of benzene rings is 1. The van der Waals surface area contributed by atoms with Gasteiger partial charge in [-0.25, -0.2) is 0 Å². The summed E-state index contributed by atoms with van der Waals surface area (Å²) in [5.41, 5.74) is 0.859. The first kappa shape index (κ1) is 13.7. The summed E-state index contributed by atoms with van der Waals surface area (Å²) in [6.45, 7) is 4.03. The maximum absolute atomic E-state index is 12.0. The summed E-state index contributed by atoms with van der Waals surface area (Å²) in [6, 6.07) is 8.22. The van der Waals surface area contributed by atoms with E-state index in [0.29, 0.717) is 0 Å². The van der Waals surface area contributed by atoms with Crippen LogP contribution in [0.1, 0.15) is 19.4 Å². The molecule has 1 aromatic rings. The maximum atomic E-state index is 12.0. The van der Waals surface area contributed by atoms with Crippen molar-refractivity contribution in [2.75, 3.05) is 14.2 Å². The first-order valence-corrected chi connectivity index (χ1v) is 6.52. The lowest BCUT2D eigenvalue weighted by molar-refractivity contribution is -0.126. The molecular weight excluding hydrogens is 238 g/mol. The van der Waals surface area contributed by atoms with Gasteiger partial charge in [0.05, 0.1) is 7.11 Å². The molecule has 3 heteroatoms. The monoisotopic (exact) mass is 259 g/mol. The van der Waals surface area contributed by atoms with Gasteiger partial charge in [-0.05, 0) is 30.2 Å². The van der Waals surface area contributed by atoms with Crippen molar-refractivity contribution in [2.45, 2.75) is 26.3 Å². The Balaban J connectivity index is 2.20. The lowest BCUT2D eigenvalue weighted by Gasteiger charge is -2.41. The molecule has 1 aromatic carbocycles. The number of ketones is 1. The van der Waals surface area contributed by atoms with Crippen LogP contribution < -0.4 is 4.74 Å². The van der Waals surface area contributed by atoms with Crippen LogP contribution in [0.25, 0.3) is 0 Å². The van der Waals surface area contributed by atoms with Crippen LogP contribution in [0.4, 0.5) is 0 Å². The molecule has 19 heavy (non-hydrogen) atoms. The van der Waals surface area contributed by atoms with Gasteiger partial charge in [0.1, 0.15) is 5.75 Å². The smallest absolute Gasteiger partial charge is 0.164 e. The largest absolute Gasteiger partial charge is 0.497 e. The lowest BCUT2D eigenvalue weighted by atomic mass is 9.75. The van der Waals surface area contributed by atoms with Crippen molar-refractivity contribution < 1.29 is 9.53 Å². The minimum Gasteiger partial charge on any atom is -0.497 e. The second-order valence-corrected chi connectivity index (χ2v) is 5.64. The second-order valence-electron chi connectivity index (χ2n) is 5.64. The first-order chi connectivity index (χ1) is 8.95. The van der Waals surface area contributed by atoms with Gasteiger partial charge in [0, 0.05) is 24.7 Å². The third-order valence-electron chi connectivity index (χ3n) is 4.01. The number of likely N-dealkylation sites (N-methyl/N-ethyl adjacent to an activating group) is 1. The van der Waals surface area contributed by atoms with Crippen LogP contribution in [0.5, 0.6) is 5.75 Å². The number of methoxy groups -OCH3 is 1. The summed E-state index contributed by atoms with van der Waals surface area (Å²) in [7, 11) is 3.69. The number of hydrogen-bond acceptors (Lipinski definition) is 3. The fourth-order valence-corrected chi connectivity index (χ4v) is 2.56. The number of carbonyl (C=O) groups excluding carboxylic acids is 1. The highest BCUT2D eigenvalue weighted by Crippen LogP contribution is 2.32. The standard InChI is InChI=1S/C16H21NO2/c1-16(2)14(17(3)10-9-15(16)18)11-12-5-7-13(19-4)8-6-12/h5-10,14H,11H2,1-4H3/t14-/m1/s1. The number of nitrogens with zero attached hydrogens (tertiary/aromatic N) is 1. The van der Waals surface area contributed by atoms with Crippen LogP contribution in [0.15, 0.2) is 36.5 Å². The van der Waals surface area contributed by atoms with E-state index in [1.165, 1.54) is 5.56 Å². The van der Waals surface area contributed by atoms with Gasteiger partial charge in [0.2, 0.25) is 0 Å². The van der Waals surface area contributed by atoms with Crippen LogP contribution in [0.2, 0.25) is 0 Å². The van der Waals surface area contributed by atoms with Gasteiger partial charge in [-0.2, -0.15) is 0 Å². The van der Waals surface area contributed by atoms with E-state index in [2.05, 4.69) is 17.0 Å². The molecule has 0 saturated heterocycles. The summed E-state index contributed by atoms with van der Waals surface area (Å²) < 4.78 is 5.16. The van der Waals surface area contributed by atoms with Gasteiger partial charge < -0.3 is 9.64 Å². The summed E-state index contributed by atoms with van der Waals surface area (Å²) in [6.07, 6.45) is 4.40. The Morgan fingerprint density at radius 1 is 1.26 bits per heavy atom. The van der Waals surface area contributed by atoms with Crippen LogP contribution in [-0.4, -0.2) is 30.9 Å². The van der Waals surface area contributed by atoms with Crippen molar-refractivity contribution in [2.24, 2.45) is 5.41 Å². The van der Waals surface area contributed by atoms with Crippen LogP contribution in [0.3, 0.4) is 0 Å². The molecule has 1 atom stereocenters. The summed E-state index contributed by atoms with van der Waals surface area (Å²) in [4.78, 5) is 14.2. The molecule has 102 valence electrons. The second kappa shape index (κ2) is 5.08. The highest BCUT2D eigenvalue weighted by molar-refractivity contribution is 5.95. The average Bonchev–Trinajstić information content (AvgIpc) is 2.40. The minimum absolute atomic E-state index is 0.179. The van der Waals surface area contributed by atoms with Crippen LogP contribution in [0, 0.1) is 5.41 Å². The molecular formula is C16H21NO2. The Morgan fingerprint density at radius 2 is 1.89 bits per heavy atom. The Labute approximate surface area is 114 Å². The third kappa shape index (κ3) is 2.65. The quantitative estimate of drug-likeness (QED) is 0.836. The predicted octanol–water partition coefficient (Wildman–Crippen LogP) is 2.66. The van der Waals surface area contributed by atoms with Crippen molar-refractivity contribution in [3.05, 3.63) is 42.1 Å². The highest BCUT2D eigenvalue weighted by Gasteiger charge is 2.39.